The molecule has 1 aromatic rings. The highest BCUT2D eigenvalue weighted by Gasteiger charge is 2.37. The van der Waals surface area contributed by atoms with Crippen LogP contribution in [0.1, 0.15) is 31.1 Å². The molecule has 0 spiro atoms. The Morgan fingerprint density at radius 1 is 1.33 bits per heavy atom. The maximum absolute atomic E-state index is 12.1. The first-order chi connectivity index (χ1) is 9.82. The van der Waals surface area contributed by atoms with Crippen LogP contribution in [0.25, 0.3) is 0 Å². The molecule has 1 rings (SSSR count). The molecule has 0 N–H and O–H groups in total. The van der Waals surface area contributed by atoms with E-state index < -0.39 is 17.2 Å². The Kier molecular flexibility index (Phi) is 5.90. The number of esters is 1. The molecule has 0 amide bonds. The van der Waals surface area contributed by atoms with Gasteiger partial charge in [-0.15, -0.1) is 0 Å². The zero-order valence-electron chi connectivity index (χ0n) is 12.1. The molecule has 5 nitrogen and oxygen atoms in total. The Labute approximate surface area is 128 Å². The van der Waals surface area contributed by atoms with Gasteiger partial charge in [-0.3, -0.25) is 14.4 Å². The van der Waals surface area contributed by atoms with Crippen LogP contribution in [0.2, 0.25) is 5.02 Å². The van der Waals surface area contributed by atoms with E-state index in [1.54, 1.807) is 6.92 Å². The summed E-state index contributed by atoms with van der Waals surface area (Å²) >= 11 is 5.93. The molecule has 0 heterocycles. The predicted molar refractivity (Wildman–Crippen MR) is 77.8 cm³/mol. The van der Waals surface area contributed by atoms with Gasteiger partial charge in [0.05, 0.1) is 11.6 Å². The molecule has 0 saturated carbocycles. The number of rotatable bonds is 7. The number of hydrogen-bond acceptors (Lipinski definition) is 5. The van der Waals surface area contributed by atoms with Gasteiger partial charge in [-0.2, -0.15) is 0 Å². The number of hydrogen-bond donors (Lipinski definition) is 0. The molecule has 0 unspecified atom stereocenters. The van der Waals surface area contributed by atoms with E-state index in [-0.39, 0.29) is 24.0 Å². The van der Waals surface area contributed by atoms with Crippen molar-refractivity contribution in [1.82, 2.24) is 0 Å². The minimum atomic E-state index is -1.29. The largest absolute Gasteiger partial charge is 0.484 e. The van der Waals surface area contributed by atoms with Gasteiger partial charge in [0.2, 0.25) is 0 Å². The standard InChI is InChI=1S/C15H17ClO5/c1-4-20-14(19)15(2,3)13(18)9-21-12-6-5-10(8-17)7-11(12)16/h5-8H,4,9H2,1-3H3. The number of benzene rings is 1. The van der Waals surface area contributed by atoms with Crippen LogP contribution < -0.4 is 4.74 Å². The van der Waals surface area contributed by atoms with Crippen LogP contribution in [-0.2, 0) is 14.3 Å². The fourth-order valence-corrected chi connectivity index (χ4v) is 1.70. The minimum absolute atomic E-state index is 0.204. The van der Waals surface area contributed by atoms with Crippen LogP contribution in [0.5, 0.6) is 5.75 Å². The lowest BCUT2D eigenvalue weighted by Crippen LogP contribution is -2.38. The average molecular weight is 313 g/mol. The van der Waals surface area contributed by atoms with E-state index in [4.69, 9.17) is 21.1 Å². The lowest BCUT2D eigenvalue weighted by Gasteiger charge is -2.20. The number of carbonyl (C=O) groups is 3. The topological polar surface area (TPSA) is 69.7 Å². The van der Waals surface area contributed by atoms with Gasteiger partial charge >= 0.3 is 5.97 Å². The molecule has 114 valence electrons. The number of ether oxygens (including phenoxy) is 2. The lowest BCUT2D eigenvalue weighted by molar-refractivity contribution is -0.158. The van der Waals surface area contributed by atoms with E-state index >= 15 is 0 Å². The van der Waals surface area contributed by atoms with Gasteiger partial charge < -0.3 is 9.47 Å². The van der Waals surface area contributed by atoms with Crippen molar-refractivity contribution in [3.05, 3.63) is 28.8 Å². The molecule has 21 heavy (non-hydrogen) atoms. The van der Waals surface area contributed by atoms with E-state index in [1.165, 1.54) is 32.0 Å². The predicted octanol–water partition coefficient (Wildman–Crippen LogP) is 2.69. The van der Waals surface area contributed by atoms with Crippen molar-refractivity contribution >= 4 is 29.6 Å². The van der Waals surface area contributed by atoms with Gasteiger partial charge in [0, 0.05) is 5.56 Å². The molecule has 0 aliphatic carbocycles. The van der Waals surface area contributed by atoms with E-state index in [0.717, 1.165) is 0 Å². The smallest absolute Gasteiger partial charge is 0.319 e. The molecule has 6 heteroatoms. The summed E-state index contributed by atoms with van der Waals surface area (Å²) in [6.07, 6.45) is 0.657. The number of ketones is 1. The normalized spacial score (nSPS) is 10.9. The number of carbonyl (C=O) groups excluding carboxylic acids is 3. The Morgan fingerprint density at radius 2 is 2.00 bits per heavy atom. The van der Waals surface area contributed by atoms with Crippen LogP contribution in [0.3, 0.4) is 0 Å². The summed E-state index contributed by atoms with van der Waals surface area (Å²) in [7, 11) is 0. The summed E-state index contributed by atoms with van der Waals surface area (Å²) < 4.78 is 10.2. The summed E-state index contributed by atoms with van der Waals surface area (Å²) in [4.78, 5) is 34.4. The first-order valence-corrected chi connectivity index (χ1v) is 6.78. The Balaban J connectivity index is 2.72. The van der Waals surface area contributed by atoms with Crippen LogP contribution in [-0.4, -0.2) is 31.3 Å². The van der Waals surface area contributed by atoms with Crippen molar-refractivity contribution < 1.29 is 23.9 Å². The van der Waals surface area contributed by atoms with Crippen LogP contribution in [0, 0.1) is 5.41 Å². The molecule has 0 atom stereocenters. The third kappa shape index (κ3) is 4.29. The quantitative estimate of drug-likeness (QED) is 0.440. The third-order valence-corrected chi connectivity index (χ3v) is 3.23. The fraction of sp³-hybridized carbons (Fsp3) is 0.400. The summed E-state index contributed by atoms with van der Waals surface area (Å²) in [6.45, 7) is 4.52. The second-order valence-electron chi connectivity index (χ2n) is 4.87. The number of halogens is 1. The molecule has 0 radical (unpaired) electrons. The minimum Gasteiger partial charge on any atom is -0.484 e. The maximum atomic E-state index is 12.1. The van der Waals surface area contributed by atoms with Crippen LogP contribution >= 0.6 is 11.6 Å². The van der Waals surface area contributed by atoms with Gasteiger partial charge in [0.15, 0.2) is 5.78 Å². The highest BCUT2D eigenvalue weighted by molar-refractivity contribution is 6.32. The molecular formula is C15H17ClO5. The third-order valence-electron chi connectivity index (χ3n) is 2.93. The first kappa shape index (κ1) is 17.2. The van der Waals surface area contributed by atoms with Crippen LogP contribution in [0.4, 0.5) is 0 Å². The molecule has 0 aromatic heterocycles. The Bertz CT molecular complexity index is 551. The zero-order chi connectivity index (χ0) is 16.0. The van der Waals surface area contributed by atoms with E-state index in [9.17, 15) is 14.4 Å². The van der Waals surface area contributed by atoms with E-state index in [1.807, 2.05) is 0 Å². The van der Waals surface area contributed by atoms with Gasteiger partial charge in [-0.25, -0.2) is 0 Å². The molecule has 0 bridgehead atoms. The van der Waals surface area contributed by atoms with Gasteiger partial charge in [-0.1, -0.05) is 11.6 Å². The van der Waals surface area contributed by atoms with E-state index in [0.29, 0.717) is 11.8 Å². The summed E-state index contributed by atoms with van der Waals surface area (Å²) in [5.74, 6) is -0.743. The lowest BCUT2D eigenvalue weighted by atomic mass is 9.88. The highest BCUT2D eigenvalue weighted by Crippen LogP contribution is 2.26. The molecule has 0 aliphatic heterocycles. The van der Waals surface area contributed by atoms with Gasteiger partial charge in [0.1, 0.15) is 24.1 Å². The molecule has 0 saturated heterocycles. The van der Waals surface area contributed by atoms with Crippen LogP contribution in [0.15, 0.2) is 18.2 Å². The highest BCUT2D eigenvalue weighted by atomic mass is 35.5. The van der Waals surface area contributed by atoms with Crippen molar-refractivity contribution in [1.29, 1.82) is 0 Å². The SMILES string of the molecule is CCOC(=O)C(C)(C)C(=O)COc1ccc(C=O)cc1Cl. The first-order valence-electron chi connectivity index (χ1n) is 6.41. The summed E-state index contributed by atoms with van der Waals surface area (Å²) in [5.41, 5.74) is -0.879. The Hall–Kier alpha value is -1.88. The second-order valence-corrected chi connectivity index (χ2v) is 5.27. The van der Waals surface area contributed by atoms with Crippen molar-refractivity contribution in [2.75, 3.05) is 13.2 Å². The van der Waals surface area contributed by atoms with Gasteiger partial charge in [0.25, 0.3) is 0 Å². The Morgan fingerprint density at radius 3 is 2.52 bits per heavy atom. The van der Waals surface area contributed by atoms with Gasteiger partial charge in [-0.05, 0) is 39.0 Å². The molecule has 0 fully saturated rings. The monoisotopic (exact) mass is 312 g/mol. The summed E-state index contributed by atoms with van der Waals surface area (Å²) in [6, 6.07) is 4.46. The van der Waals surface area contributed by atoms with Crippen molar-refractivity contribution in [3.63, 3.8) is 0 Å². The molecule has 0 aliphatic rings. The van der Waals surface area contributed by atoms with Crippen molar-refractivity contribution in [2.45, 2.75) is 20.8 Å². The molecular weight excluding hydrogens is 296 g/mol. The average Bonchev–Trinajstić information content (AvgIpc) is 2.45. The second kappa shape index (κ2) is 7.22. The fourth-order valence-electron chi connectivity index (χ4n) is 1.46. The van der Waals surface area contributed by atoms with Crippen molar-refractivity contribution in [3.8, 4) is 5.75 Å². The van der Waals surface area contributed by atoms with E-state index in [2.05, 4.69) is 0 Å². The number of Topliss-reactive ketones (excluding diaryl/α,β-unsaturated/α-hetero) is 1. The molecule has 1 aromatic carbocycles. The summed E-state index contributed by atoms with van der Waals surface area (Å²) in [5, 5.41) is 0.223. The number of aldehydes is 1. The van der Waals surface area contributed by atoms with Crippen molar-refractivity contribution in [2.24, 2.45) is 5.41 Å². The zero-order valence-corrected chi connectivity index (χ0v) is 12.9. The maximum Gasteiger partial charge on any atom is 0.319 e.